The lowest BCUT2D eigenvalue weighted by Gasteiger charge is -1.94. The van der Waals surface area contributed by atoms with Crippen molar-refractivity contribution < 1.29 is 8.63 Å². The van der Waals surface area contributed by atoms with E-state index in [-0.39, 0.29) is 0 Å². The zero-order chi connectivity index (χ0) is 7.78. The lowest BCUT2D eigenvalue weighted by molar-refractivity contribution is 0.525. The van der Waals surface area contributed by atoms with Gasteiger partial charge < -0.3 is 4.42 Å². The molecule has 0 bridgehead atoms. The van der Waals surface area contributed by atoms with E-state index in [1.165, 1.54) is 12.5 Å². The Labute approximate surface area is 60.0 Å². The van der Waals surface area contributed by atoms with Gasteiger partial charge in [0, 0.05) is 6.26 Å². The molecule has 3 nitrogen and oxygen atoms in total. The van der Waals surface area contributed by atoms with Gasteiger partial charge in [0.2, 0.25) is 0 Å². The second kappa shape index (κ2) is 2.12. The van der Waals surface area contributed by atoms with Crippen molar-refractivity contribution in [2.75, 3.05) is 6.26 Å². The van der Waals surface area contributed by atoms with Gasteiger partial charge in [0.15, 0.2) is 0 Å². The molecule has 0 radical (unpaired) electrons. The molecule has 0 amide bonds. The largest absolute Gasteiger partial charge is 0.468 e. The number of rotatable bonds is 1. The molecule has 0 spiro atoms. The molecular formula is C6H9NO2S. The van der Waals surface area contributed by atoms with Crippen LogP contribution in [-0.4, -0.2) is 10.5 Å². The van der Waals surface area contributed by atoms with Crippen molar-refractivity contribution in [3.63, 3.8) is 0 Å². The second-order valence-electron chi connectivity index (χ2n) is 2.18. The fraction of sp³-hybridized carbons (Fsp3) is 0.333. The predicted octanol–water partition coefficient (Wildman–Crippen LogP) is 1.62. The zero-order valence-corrected chi connectivity index (χ0v) is 6.70. The number of aryl methyl sites for hydroxylation is 1. The van der Waals surface area contributed by atoms with Gasteiger partial charge in [0.05, 0.1) is 20.9 Å². The van der Waals surface area contributed by atoms with E-state index in [9.17, 15) is 4.21 Å². The van der Waals surface area contributed by atoms with Crippen molar-refractivity contribution in [2.24, 2.45) is 0 Å². The fourth-order valence-electron chi connectivity index (χ4n) is 0.777. The Bertz CT molecular complexity index is 323. The van der Waals surface area contributed by atoms with E-state index in [0.29, 0.717) is 10.7 Å². The molecule has 0 saturated heterocycles. The molecule has 1 atom stereocenters. The minimum absolute atomic E-state index is 0.493. The molecule has 0 aliphatic rings. The average Bonchev–Trinajstić information content (AvgIpc) is 2.11. The molecule has 10 heavy (non-hydrogen) atoms. The number of hydrogen-bond donors (Lipinski definition) is 1. The summed E-state index contributed by atoms with van der Waals surface area (Å²) < 4.78 is 23.2. The highest BCUT2D eigenvalue weighted by Gasteiger charge is 2.08. The molecule has 0 aromatic carbocycles. The van der Waals surface area contributed by atoms with Gasteiger partial charge in [-0.05, 0) is 13.0 Å². The maximum atomic E-state index is 11.1. The quantitative estimate of drug-likeness (QED) is 0.677. The summed E-state index contributed by atoms with van der Waals surface area (Å²) in [5.74, 6) is 0.572. The Morgan fingerprint density at radius 3 is 2.50 bits per heavy atom. The van der Waals surface area contributed by atoms with Crippen LogP contribution >= 0.6 is 0 Å². The first kappa shape index (κ1) is 7.34. The van der Waals surface area contributed by atoms with Gasteiger partial charge in [0.1, 0.15) is 5.76 Å². The SMILES string of the molecule is Cc1occc1[S@@](C)(=N)=O. The highest BCUT2D eigenvalue weighted by Crippen LogP contribution is 2.15. The standard InChI is InChI=1S/C6H9NO2S/c1-5-6(3-4-9-5)10(2,7)8/h3-4,7H,1-2H3/t10-/m0/s1. The number of nitrogens with one attached hydrogen (secondary N) is 1. The Kier molecular flexibility index (Phi) is 1.56. The van der Waals surface area contributed by atoms with Crippen LogP contribution in [0.15, 0.2) is 21.6 Å². The minimum atomic E-state index is -2.58. The molecule has 0 aliphatic carbocycles. The van der Waals surface area contributed by atoms with E-state index in [1.807, 2.05) is 0 Å². The number of hydrogen-bond acceptors (Lipinski definition) is 3. The van der Waals surface area contributed by atoms with Crippen molar-refractivity contribution in [1.29, 1.82) is 4.78 Å². The van der Waals surface area contributed by atoms with Crippen LogP contribution in [0.25, 0.3) is 0 Å². The third-order valence-corrected chi connectivity index (χ3v) is 2.49. The van der Waals surface area contributed by atoms with Gasteiger partial charge in [-0.15, -0.1) is 0 Å². The maximum Gasteiger partial charge on any atom is 0.117 e. The van der Waals surface area contributed by atoms with E-state index in [0.717, 1.165) is 0 Å². The van der Waals surface area contributed by atoms with Crippen molar-refractivity contribution in [2.45, 2.75) is 11.8 Å². The molecule has 0 unspecified atom stereocenters. The second-order valence-corrected chi connectivity index (χ2v) is 4.31. The third-order valence-electron chi connectivity index (χ3n) is 1.23. The molecule has 1 aromatic heterocycles. The molecule has 1 aromatic rings. The van der Waals surface area contributed by atoms with E-state index in [4.69, 9.17) is 9.20 Å². The lowest BCUT2D eigenvalue weighted by Crippen LogP contribution is -1.93. The zero-order valence-electron chi connectivity index (χ0n) is 5.88. The first-order chi connectivity index (χ1) is 4.52. The van der Waals surface area contributed by atoms with Crippen molar-refractivity contribution in [3.8, 4) is 0 Å². The fourth-order valence-corrected chi connectivity index (χ4v) is 1.69. The van der Waals surface area contributed by atoms with Crippen LogP contribution in [0.2, 0.25) is 0 Å². The van der Waals surface area contributed by atoms with Gasteiger partial charge in [0.25, 0.3) is 0 Å². The molecule has 1 N–H and O–H groups in total. The van der Waals surface area contributed by atoms with Gasteiger partial charge in [-0.1, -0.05) is 0 Å². The van der Waals surface area contributed by atoms with Crippen LogP contribution in [-0.2, 0) is 9.73 Å². The van der Waals surface area contributed by atoms with Crippen LogP contribution < -0.4 is 0 Å². The van der Waals surface area contributed by atoms with Gasteiger partial charge in [-0.2, -0.15) is 0 Å². The summed E-state index contributed by atoms with van der Waals surface area (Å²) in [6.07, 6.45) is 2.83. The summed E-state index contributed by atoms with van der Waals surface area (Å²) in [4.78, 5) is 0.493. The average molecular weight is 159 g/mol. The first-order valence-electron chi connectivity index (χ1n) is 2.79. The molecule has 0 fully saturated rings. The summed E-state index contributed by atoms with van der Waals surface area (Å²) >= 11 is 0. The van der Waals surface area contributed by atoms with Crippen LogP contribution in [0.5, 0.6) is 0 Å². The highest BCUT2D eigenvalue weighted by atomic mass is 32.2. The summed E-state index contributed by atoms with van der Waals surface area (Å²) in [5.41, 5.74) is 0. The van der Waals surface area contributed by atoms with Crippen molar-refractivity contribution in [3.05, 3.63) is 18.1 Å². The normalized spacial score (nSPS) is 16.6. The molecule has 1 heterocycles. The third kappa shape index (κ3) is 1.21. The van der Waals surface area contributed by atoms with E-state index in [2.05, 4.69) is 0 Å². The molecule has 1 rings (SSSR count). The Morgan fingerprint density at radius 1 is 1.70 bits per heavy atom. The summed E-state index contributed by atoms with van der Waals surface area (Å²) in [6.45, 7) is 1.70. The first-order valence-corrected chi connectivity index (χ1v) is 4.76. The minimum Gasteiger partial charge on any atom is -0.468 e. The van der Waals surface area contributed by atoms with Gasteiger partial charge >= 0.3 is 0 Å². The molecular weight excluding hydrogens is 150 g/mol. The molecule has 56 valence electrons. The van der Waals surface area contributed by atoms with Crippen molar-refractivity contribution in [1.82, 2.24) is 0 Å². The maximum absolute atomic E-state index is 11.1. The molecule has 0 aliphatic heterocycles. The predicted molar refractivity (Wildman–Crippen MR) is 38.5 cm³/mol. The van der Waals surface area contributed by atoms with E-state index in [1.54, 1.807) is 13.0 Å². The van der Waals surface area contributed by atoms with Crippen LogP contribution in [0.1, 0.15) is 5.76 Å². The van der Waals surface area contributed by atoms with Crippen LogP contribution in [0.3, 0.4) is 0 Å². The van der Waals surface area contributed by atoms with E-state index < -0.39 is 9.73 Å². The van der Waals surface area contributed by atoms with Gasteiger partial charge in [-0.3, -0.25) is 0 Å². The van der Waals surface area contributed by atoms with Gasteiger partial charge in [-0.25, -0.2) is 8.99 Å². The molecule has 4 heteroatoms. The van der Waals surface area contributed by atoms with E-state index >= 15 is 0 Å². The van der Waals surface area contributed by atoms with Crippen LogP contribution in [0, 0.1) is 11.7 Å². The lowest BCUT2D eigenvalue weighted by atomic mass is 10.5. The number of furan rings is 1. The van der Waals surface area contributed by atoms with Crippen molar-refractivity contribution >= 4 is 9.73 Å². The molecule has 0 saturated carbocycles. The Hall–Kier alpha value is -0.770. The summed E-state index contributed by atoms with van der Waals surface area (Å²) in [7, 11) is -2.58. The Balaban J connectivity index is 3.32. The summed E-state index contributed by atoms with van der Waals surface area (Å²) in [6, 6.07) is 1.57. The summed E-state index contributed by atoms with van der Waals surface area (Å²) in [5, 5.41) is 0. The monoisotopic (exact) mass is 159 g/mol. The Morgan fingerprint density at radius 2 is 2.30 bits per heavy atom. The van der Waals surface area contributed by atoms with Crippen LogP contribution in [0.4, 0.5) is 0 Å². The highest BCUT2D eigenvalue weighted by molar-refractivity contribution is 7.91. The topological polar surface area (TPSA) is 54.1 Å². The smallest absolute Gasteiger partial charge is 0.117 e.